The van der Waals surface area contributed by atoms with Crippen LogP contribution in [0.3, 0.4) is 0 Å². The summed E-state index contributed by atoms with van der Waals surface area (Å²) in [7, 11) is 0. The fraction of sp³-hybridized carbons (Fsp3) is 0.571. The van der Waals surface area contributed by atoms with Gasteiger partial charge in [0, 0.05) is 13.0 Å². The Bertz CT molecular complexity index is 442. The third-order valence-electron chi connectivity index (χ3n) is 3.55. The quantitative estimate of drug-likeness (QED) is 0.873. The van der Waals surface area contributed by atoms with Crippen LogP contribution >= 0.6 is 0 Å². The van der Waals surface area contributed by atoms with Crippen LogP contribution in [0.4, 0.5) is 0 Å². The molecular formula is C14H20N2O3. The lowest BCUT2D eigenvalue weighted by molar-refractivity contribution is -0.149. The zero-order valence-corrected chi connectivity index (χ0v) is 11.4. The highest BCUT2D eigenvalue weighted by molar-refractivity contribution is 5.96. The van der Waals surface area contributed by atoms with Gasteiger partial charge in [0.2, 0.25) is 11.8 Å². The molecule has 1 aromatic rings. The first-order valence-corrected chi connectivity index (χ1v) is 6.80. The Morgan fingerprint density at radius 2 is 2.11 bits per heavy atom. The SMILES string of the molecule is CCC1NC(=O)C(CC)N(CCc2ccco2)C1=O. The van der Waals surface area contributed by atoms with E-state index in [1.54, 1.807) is 11.2 Å². The summed E-state index contributed by atoms with van der Waals surface area (Å²) in [5, 5.41) is 2.79. The first-order valence-electron chi connectivity index (χ1n) is 6.80. The van der Waals surface area contributed by atoms with E-state index in [-0.39, 0.29) is 23.9 Å². The van der Waals surface area contributed by atoms with Gasteiger partial charge in [-0.05, 0) is 25.0 Å². The standard InChI is InChI=1S/C14H20N2O3/c1-3-11-14(18)16(12(4-2)13(17)15-11)8-7-10-6-5-9-19-10/h5-6,9,11-12H,3-4,7-8H2,1-2H3,(H,15,17). The summed E-state index contributed by atoms with van der Waals surface area (Å²) in [4.78, 5) is 26.0. The average molecular weight is 264 g/mol. The van der Waals surface area contributed by atoms with Crippen LogP contribution in [0.15, 0.2) is 22.8 Å². The van der Waals surface area contributed by atoms with Crippen molar-refractivity contribution in [3.8, 4) is 0 Å². The summed E-state index contributed by atoms with van der Waals surface area (Å²) in [6, 6.07) is 2.97. The predicted molar refractivity (Wildman–Crippen MR) is 70.4 cm³/mol. The van der Waals surface area contributed by atoms with E-state index in [0.717, 1.165) is 5.76 Å². The monoisotopic (exact) mass is 264 g/mol. The summed E-state index contributed by atoms with van der Waals surface area (Å²) in [6.45, 7) is 4.35. The van der Waals surface area contributed by atoms with Crippen molar-refractivity contribution in [2.75, 3.05) is 6.54 Å². The molecule has 1 saturated heterocycles. The van der Waals surface area contributed by atoms with Gasteiger partial charge in [-0.25, -0.2) is 0 Å². The molecule has 2 unspecified atom stereocenters. The van der Waals surface area contributed by atoms with Gasteiger partial charge in [0.05, 0.1) is 6.26 Å². The molecule has 2 heterocycles. The maximum absolute atomic E-state index is 12.3. The molecule has 1 N–H and O–H groups in total. The Balaban J connectivity index is 2.08. The fourth-order valence-corrected chi connectivity index (χ4v) is 2.46. The van der Waals surface area contributed by atoms with Crippen molar-refractivity contribution in [1.82, 2.24) is 10.2 Å². The fourth-order valence-electron chi connectivity index (χ4n) is 2.46. The van der Waals surface area contributed by atoms with Gasteiger partial charge < -0.3 is 14.6 Å². The molecule has 0 saturated carbocycles. The first-order chi connectivity index (χ1) is 9.17. The molecule has 2 rings (SSSR count). The number of carbonyl (C=O) groups excluding carboxylic acids is 2. The second-order valence-electron chi connectivity index (χ2n) is 4.75. The van der Waals surface area contributed by atoms with Crippen LogP contribution in [0.1, 0.15) is 32.4 Å². The maximum atomic E-state index is 12.3. The minimum Gasteiger partial charge on any atom is -0.469 e. The van der Waals surface area contributed by atoms with Crippen molar-refractivity contribution in [3.05, 3.63) is 24.2 Å². The molecular weight excluding hydrogens is 244 g/mol. The molecule has 0 spiro atoms. The van der Waals surface area contributed by atoms with Crippen LogP contribution in [0.5, 0.6) is 0 Å². The van der Waals surface area contributed by atoms with E-state index in [4.69, 9.17) is 4.42 Å². The van der Waals surface area contributed by atoms with E-state index in [2.05, 4.69) is 5.32 Å². The summed E-state index contributed by atoms with van der Waals surface area (Å²) in [5.74, 6) is 0.801. The lowest BCUT2D eigenvalue weighted by atomic mass is 10.0. The molecule has 1 aliphatic rings. The van der Waals surface area contributed by atoms with Gasteiger partial charge >= 0.3 is 0 Å². The minimum absolute atomic E-state index is 0.0144. The van der Waals surface area contributed by atoms with Gasteiger partial charge in [-0.2, -0.15) is 0 Å². The molecule has 1 fully saturated rings. The van der Waals surface area contributed by atoms with E-state index in [9.17, 15) is 9.59 Å². The molecule has 19 heavy (non-hydrogen) atoms. The number of rotatable bonds is 5. The van der Waals surface area contributed by atoms with Crippen molar-refractivity contribution in [3.63, 3.8) is 0 Å². The molecule has 5 heteroatoms. The summed E-state index contributed by atoms with van der Waals surface area (Å²) in [6.07, 6.45) is 3.51. The highest BCUT2D eigenvalue weighted by Gasteiger charge is 2.38. The van der Waals surface area contributed by atoms with E-state index >= 15 is 0 Å². The Hall–Kier alpha value is -1.78. The Morgan fingerprint density at radius 1 is 1.32 bits per heavy atom. The van der Waals surface area contributed by atoms with E-state index in [1.165, 1.54) is 0 Å². The second-order valence-corrected chi connectivity index (χ2v) is 4.75. The predicted octanol–water partition coefficient (Wildman–Crippen LogP) is 1.34. The van der Waals surface area contributed by atoms with Crippen LogP contribution in [0.25, 0.3) is 0 Å². The minimum atomic E-state index is -0.382. The summed E-state index contributed by atoms with van der Waals surface area (Å²) < 4.78 is 5.27. The molecule has 2 amide bonds. The molecule has 0 aromatic carbocycles. The first kappa shape index (κ1) is 13.6. The molecule has 1 aromatic heterocycles. The van der Waals surface area contributed by atoms with Crippen LogP contribution in [0.2, 0.25) is 0 Å². The molecule has 104 valence electrons. The second kappa shape index (κ2) is 5.91. The van der Waals surface area contributed by atoms with Crippen molar-refractivity contribution in [2.45, 2.75) is 45.2 Å². The van der Waals surface area contributed by atoms with Crippen LogP contribution in [0, 0.1) is 0 Å². The normalized spacial score (nSPS) is 23.6. The number of furan rings is 1. The lowest BCUT2D eigenvalue weighted by Crippen LogP contribution is -2.63. The van der Waals surface area contributed by atoms with Gasteiger partial charge in [0.25, 0.3) is 0 Å². The number of hydrogen-bond acceptors (Lipinski definition) is 3. The van der Waals surface area contributed by atoms with Crippen molar-refractivity contribution >= 4 is 11.8 Å². The number of nitrogens with zero attached hydrogens (tertiary/aromatic N) is 1. The molecule has 0 bridgehead atoms. The number of nitrogens with one attached hydrogen (secondary N) is 1. The van der Waals surface area contributed by atoms with Gasteiger partial charge in [0.15, 0.2) is 0 Å². The maximum Gasteiger partial charge on any atom is 0.245 e. The number of hydrogen-bond donors (Lipinski definition) is 1. The zero-order valence-electron chi connectivity index (χ0n) is 11.4. The number of amides is 2. The van der Waals surface area contributed by atoms with Gasteiger partial charge in [0.1, 0.15) is 17.8 Å². The van der Waals surface area contributed by atoms with Crippen LogP contribution < -0.4 is 5.32 Å². The smallest absolute Gasteiger partial charge is 0.245 e. The molecule has 2 atom stereocenters. The van der Waals surface area contributed by atoms with Crippen LogP contribution in [-0.2, 0) is 16.0 Å². The summed E-state index contributed by atoms with van der Waals surface area (Å²) >= 11 is 0. The number of piperazine rings is 1. The van der Waals surface area contributed by atoms with E-state index in [0.29, 0.717) is 25.8 Å². The van der Waals surface area contributed by atoms with Gasteiger partial charge in [-0.15, -0.1) is 0 Å². The molecule has 0 radical (unpaired) electrons. The van der Waals surface area contributed by atoms with Crippen molar-refractivity contribution in [2.24, 2.45) is 0 Å². The van der Waals surface area contributed by atoms with E-state index in [1.807, 2.05) is 26.0 Å². The van der Waals surface area contributed by atoms with Crippen LogP contribution in [-0.4, -0.2) is 35.3 Å². The largest absolute Gasteiger partial charge is 0.469 e. The topological polar surface area (TPSA) is 62.6 Å². The van der Waals surface area contributed by atoms with E-state index < -0.39 is 0 Å². The van der Waals surface area contributed by atoms with Crippen molar-refractivity contribution < 1.29 is 14.0 Å². The summed E-state index contributed by atoms with van der Waals surface area (Å²) in [5.41, 5.74) is 0. The third kappa shape index (κ3) is 2.80. The Kier molecular flexibility index (Phi) is 4.24. The van der Waals surface area contributed by atoms with Gasteiger partial charge in [-0.3, -0.25) is 9.59 Å². The Morgan fingerprint density at radius 3 is 2.68 bits per heavy atom. The average Bonchev–Trinajstić information content (AvgIpc) is 2.92. The lowest BCUT2D eigenvalue weighted by Gasteiger charge is -2.38. The highest BCUT2D eigenvalue weighted by atomic mass is 16.3. The zero-order chi connectivity index (χ0) is 13.8. The van der Waals surface area contributed by atoms with Gasteiger partial charge in [-0.1, -0.05) is 13.8 Å². The van der Waals surface area contributed by atoms with Crippen molar-refractivity contribution in [1.29, 1.82) is 0 Å². The highest BCUT2D eigenvalue weighted by Crippen LogP contribution is 2.16. The molecule has 5 nitrogen and oxygen atoms in total. The third-order valence-corrected chi connectivity index (χ3v) is 3.55. The number of carbonyl (C=O) groups is 2. The Labute approximate surface area is 113 Å². The molecule has 0 aliphatic carbocycles. The molecule has 1 aliphatic heterocycles.